The minimum absolute atomic E-state index is 0.101. The summed E-state index contributed by atoms with van der Waals surface area (Å²) in [6.45, 7) is 0.0607. The van der Waals surface area contributed by atoms with Gasteiger partial charge in [-0.1, -0.05) is 0 Å². The SMILES string of the molecule is N#CN=CC1NCCN(C(=O)O)C1(N)S(=O)(=O)c1ccc2c(c1)CC(O)CO2. The summed E-state index contributed by atoms with van der Waals surface area (Å²) in [6, 6.07) is 2.78. The van der Waals surface area contributed by atoms with E-state index in [1.165, 1.54) is 24.4 Å². The first kappa shape index (κ1) is 20.0. The summed E-state index contributed by atoms with van der Waals surface area (Å²) in [6.07, 6.45) is 0.385. The van der Waals surface area contributed by atoms with E-state index in [2.05, 4.69) is 10.3 Å². The fourth-order valence-corrected chi connectivity index (χ4v) is 5.22. The number of benzene rings is 1. The Morgan fingerprint density at radius 1 is 1.54 bits per heavy atom. The van der Waals surface area contributed by atoms with Gasteiger partial charge in [0.25, 0.3) is 0 Å². The molecule has 0 bridgehead atoms. The van der Waals surface area contributed by atoms with Crippen LogP contribution in [0.5, 0.6) is 5.75 Å². The van der Waals surface area contributed by atoms with Crippen LogP contribution in [0.3, 0.4) is 0 Å². The second kappa shape index (κ2) is 7.36. The zero-order valence-corrected chi connectivity index (χ0v) is 15.5. The lowest BCUT2D eigenvalue weighted by Gasteiger charge is -2.46. The molecule has 2 aliphatic heterocycles. The van der Waals surface area contributed by atoms with Crippen molar-refractivity contribution in [3.63, 3.8) is 0 Å². The molecular formula is C16H19N5O6S. The number of rotatable bonds is 3. The number of hydrogen-bond donors (Lipinski definition) is 4. The van der Waals surface area contributed by atoms with Crippen LogP contribution in [-0.2, 0) is 16.3 Å². The number of carbonyl (C=O) groups is 1. The molecule has 0 saturated carbocycles. The molecular weight excluding hydrogens is 390 g/mol. The van der Waals surface area contributed by atoms with Crippen molar-refractivity contribution in [1.29, 1.82) is 5.26 Å². The van der Waals surface area contributed by atoms with Crippen LogP contribution in [0, 0.1) is 11.5 Å². The number of nitriles is 1. The Balaban J connectivity index is 2.12. The summed E-state index contributed by atoms with van der Waals surface area (Å²) < 4.78 is 32.3. The van der Waals surface area contributed by atoms with Gasteiger partial charge in [0.05, 0.1) is 17.0 Å². The maximum absolute atomic E-state index is 13.4. The Hall–Kier alpha value is -2.72. The van der Waals surface area contributed by atoms with Gasteiger partial charge >= 0.3 is 6.09 Å². The van der Waals surface area contributed by atoms with Crippen LogP contribution in [0.15, 0.2) is 28.1 Å². The maximum Gasteiger partial charge on any atom is 0.409 e. The average molecular weight is 409 g/mol. The van der Waals surface area contributed by atoms with Gasteiger partial charge in [-0.15, -0.1) is 0 Å². The molecule has 1 aromatic rings. The van der Waals surface area contributed by atoms with Gasteiger partial charge in [0.2, 0.25) is 21.0 Å². The molecule has 1 fully saturated rings. The molecule has 2 aliphatic rings. The number of ether oxygens (including phenoxy) is 1. The molecule has 150 valence electrons. The average Bonchev–Trinajstić information content (AvgIpc) is 2.66. The van der Waals surface area contributed by atoms with Gasteiger partial charge in [0, 0.05) is 25.7 Å². The summed E-state index contributed by atoms with van der Waals surface area (Å²) in [7, 11) is -4.46. The van der Waals surface area contributed by atoms with Crippen LogP contribution >= 0.6 is 0 Å². The topological polar surface area (TPSA) is 178 Å². The highest BCUT2D eigenvalue weighted by Gasteiger charge is 2.56. The standard InChI is InChI=1S/C16H19N5O6S/c17-9-19-7-14-16(18,21(15(23)24)4-3-20-14)28(25,26)12-1-2-13-10(6-12)5-11(22)8-27-13/h1-2,6-7,11,14,20,22H,3-5,8,18H2,(H,23,24). The van der Waals surface area contributed by atoms with Crippen molar-refractivity contribution >= 4 is 22.1 Å². The van der Waals surface area contributed by atoms with Gasteiger partial charge in [-0.05, 0) is 23.8 Å². The van der Waals surface area contributed by atoms with Gasteiger partial charge in [-0.2, -0.15) is 10.3 Å². The first-order valence-electron chi connectivity index (χ1n) is 8.35. The Kier molecular flexibility index (Phi) is 5.26. The number of carboxylic acid groups (broad SMARTS) is 1. The number of hydrogen-bond acceptors (Lipinski definition) is 9. The van der Waals surface area contributed by atoms with Crippen molar-refractivity contribution in [3.8, 4) is 11.9 Å². The molecule has 28 heavy (non-hydrogen) atoms. The molecule has 11 nitrogen and oxygen atoms in total. The molecule has 0 radical (unpaired) electrons. The molecule has 5 N–H and O–H groups in total. The van der Waals surface area contributed by atoms with Crippen molar-refractivity contribution in [3.05, 3.63) is 23.8 Å². The van der Waals surface area contributed by atoms with E-state index < -0.39 is 33.1 Å². The van der Waals surface area contributed by atoms with Crippen LogP contribution in [0.2, 0.25) is 0 Å². The molecule has 0 spiro atoms. The predicted molar refractivity (Wildman–Crippen MR) is 96.4 cm³/mol. The Morgan fingerprint density at radius 3 is 2.96 bits per heavy atom. The summed E-state index contributed by atoms with van der Waals surface area (Å²) in [5.74, 6) is 0.440. The van der Waals surface area contributed by atoms with Gasteiger partial charge in [0.15, 0.2) is 0 Å². The quantitative estimate of drug-likeness (QED) is 0.355. The maximum atomic E-state index is 13.4. The zero-order valence-electron chi connectivity index (χ0n) is 14.6. The van der Waals surface area contributed by atoms with Crippen molar-refractivity contribution in [2.45, 2.75) is 28.5 Å². The number of amides is 1. The Labute approximate surface area is 160 Å². The second-order valence-corrected chi connectivity index (χ2v) is 8.57. The van der Waals surface area contributed by atoms with E-state index in [1.54, 1.807) is 0 Å². The highest BCUT2D eigenvalue weighted by molar-refractivity contribution is 7.92. The lowest BCUT2D eigenvalue weighted by atomic mass is 10.1. The second-order valence-electron chi connectivity index (χ2n) is 6.44. The minimum atomic E-state index is -4.46. The largest absolute Gasteiger partial charge is 0.491 e. The lowest BCUT2D eigenvalue weighted by Crippen LogP contribution is -2.76. The number of aliphatic hydroxyl groups is 1. The van der Waals surface area contributed by atoms with Gasteiger partial charge in [0.1, 0.15) is 12.4 Å². The van der Waals surface area contributed by atoms with E-state index in [4.69, 9.17) is 15.7 Å². The Morgan fingerprint density at radius 2 is 2.29 bits per heavy atom. The number of nitrogens with zero attached hydrogens (tertiary/aromatic N) is 3. The fourth-order valence-electron chi connectivity index (χ4n) is 3.36. The van der Waals surface area contributed by atoms with Gasteiger partial charge in [-0.25, -0.2) is 13.2 Å². The third kappa shape index (κ3) is 3.18. The van der Waals surface area contributed by atoms with Crippen molar-refractivity contribution in [1.82, 2.24) is 10.2 Å². The molecule has 3 unspecified atom stereocenters. The Bertz CT molecular complexity index is 959. The molecule has 1 saturated heterocycles. The smallest absolute Gasteiger partial charge is 0.409 e. The zero-order chi connectivity index (χ0) is 20.5. The molecule has 3 rings (SSSR count). The highest BCUT2D eigenvalue weighted by Crippen LogP contribution is 2.34. The van der Waals surface area contributed by atoms with E-state index in [9.17, 15) is 23.4 Å². The van der Waals surface area contributed by atoms with Crippen LogP contribution in [0.25, 0.3) is 0 Å². The number of sulfone groups is 1. The molecule has 12 heteroatoms. The lowest BCUT2D eigenvalue weighted by molar-refractivity contribution is 0.0887. The number of aliphatic hydroxyl groups excluding tert-OH is 1. The van der Waals surface area contributed by atoms with E-state index in [0.29, 0.717) is 16.2 Å². The number of aliphatic imine (C=N–C) groups is 1. The molecule has 2 heterocycles. The van der Waals surface area contributed by atoms with E-state index in [0.717, 1.165) is 6.21 Å². The van der Waals surface area contributed by atoms with Crippen LogP contribution in [0.4, 0.5) is 4.79 Å². The highest BCUT2D eigenvalue weighted by atomic mass is 32.2. The summed E-state index contributed by atoms with van der Waals surface area (Å²) in [5.41, 5.74) is 6.68. The van der Waals surface area contributed by atoms with Crippen molar-refractivity contribution < 1.29 is 28.2 Å². The minimum Gasteiger partial charge on any atom is -0.491 e. The molecule has 3 atom stereocenters. The number of nitrogens with two attached hydrogens (primary N) is 1. The summed E-state index contributed by atoms with van der Waals surface area (Å²) in [5, 5.41) is 30.8. The van der Waals surface area contributed by atoms with Crippen LogP contribution in [0.1, 0.15) is 5.56 Å². The van der Waals surface area contributed by atoms with Crippen LogP contribution in [-0.4, -0.2) is 72.7 Å². The van der Waals surface area contributed by atoms with Crippen LogP contribution < -0.4 is 15.8 Å². The molecule has 1 aromatic carbocycles. The first-order chi connectivity index (χ1) is 13.2. The normalized spacial score (nSPS) is 27.7. The number of piperazine rings is 1. The van der Waals surface area contributed by atoms with Crippen molar-refractivity contribution in [2.24, 2.45) is 10.7 Å². The van der Waals surface area contributed by atoms with Gasteiger partial charge < -0.3 is 20.3 Å². The number of fused-ring (bicyclic) bond motifs is 1. The molecule has 0 aliphatic carbocycles. The monoisotopic (exact) mass is 409 g/mol. The molecule has 1 amide bonds. The predicted octanol–water partition coefficient (Wildman–Crippen LogP) is -1.13. The first-order valence-corrected chi connectivity index (χ1v) is 9.83. The van der Waals surface area contributed by atoms with E-state index in [1.807, 2.05) is 0 Å². The van der Waals surface area contributed by atoms with E-state index in [-0.39, 0.29) is 31.0 Å². The van der Waals surface area contributed by atoms with Crippen molar-refractivity contribution in [2.75, 3.05) is 19.7 Å². The summed E-state index contributed by atoms with van der Waals surface area (Å²) in [4.78, 5) is 13.1. The third-order valence-electron chi connectivity index (χ3n) is 4.74. The van der Waals surface area contributed by atoms with Gasteiger partial charge in [-0.3, -0.25) is 10.6 Å². The molecule has 0 aromatic heterocycles. The number of nitrogens with one attached hydrogen (secondary N) is 1. The van der Waals surface area contributed by atoms with E-state index >= 15 is 0 Å². The third-order valence-corrected chi connectivity index (χ3v) is 6.95. The summed E-state index contributed by atoms with van der Waals surface area (Å²) >= 11 is 0. The fraction of sp³-hybridized carbons (Fsp3) is 0.438.